The second-order valence-corrected chi connectivity index (χ2v) is 8.08. The first-order valence-electron chi connectivity index (χ1n) is 8.60. The van der Waals surface area contributed by atoms with Crippen LogP contribution in [0.3, 0.4) is 0 Å². The van der Waals surface area contributed by atoms with Crippen LogP contribution in [-0.2, 0) is 10.0 Å². The molecule has 2 heterocycles. The molecule has 0 radical (unpaired) electrons. The third-order valence-electron chi connectivity index (χ3n) is 4.14. The number of rotatable bonds is 8. The van der Waals surface area contributed by atoms with Crippen molar-refractivity contribution >= 4 is 20.8 Å². The summed E-state index contributed by atoms with van der Waals surface area (Å²) in [7, 11) is -3.64. The fourth-order valence-electron chi connectivity index (χ4n) is 2.73. The van der Waals surface area contributed by atoms with Crippen LogP contribution in [0.25, 0.3) is 10.8 Å². The highest BCUT2D eigenvalue weighted by Gasteiger charge is 2.18. The van der Waals surface area contributed by atoms with E-state index in [0.717, 1.165) is 10.8 Å². The highest BCUT2D eigenvalue weighted by Crippen LogP contribution is 2.18. The summed E-state index contributed by atoms with van der Waals surface area (Å²) in [5, 5.41) is 14.9. The van der Waals surface area contributed by atoms with Gasteiger partial charge in [-0.25, -0.2) is 13.1 Å². The number of aromatic nitrogens is 2. The standard InChI is InChI=1S/C19H22N4O3S/c1-14(10-22-13-19(24)17-3-2-7-20-12-17)23-27(25,26)18-5-4-16-11-21-8-6-15(16)9-18/h2-9,11-12,14,19,22-24H,10,13H2,1H3/t14-,19?/m1/s1. The Morgan fingerprint density at radius 1 is 1.04 bits per heavy atom. The van der Waals surface area contributed by atoms with Gasteiger partial charge in [0.1, 0.15) is 0 Å². The van der Waals surface area contributed by atoms with Gasteiger partial charge in [0.15, 0.2) is 0 Å². The first-order valence-corrected chi connectivity index (χ1v) is 10.1. The minimum absolute atomic E-state index is 0.212. The topological polar surface area (TPSA) is 104 Å². The molecule has 7 nitrogen and oxygen atoms in total. The average Bonchev–Trinajstić information content (AvgIpc) is 2.67. The van der Waals surface area contributed by atoms with E-state index < -0.39 is 16.1 Å². The van der Waals surface area contributed by atoms with Crippen molar-refractivity contribution in [2.24, 2.45) is 0 Å². The number of sulfonamides is 1. The molecule has 2 atom stereocenters. The SMILES string of the molecule is C[C@H](CNCC(O)c1cccnc1)NS(=O)(=O)c1ccc2cnccc2c1. The quantitative estimate of drug-likeness (QED) is 0.543. The number of hydrogen-bond donors (Lipinski definition) is 3. The minimum Gasteiger partial charge on any atom is -0.387 e. The molecular weight excluding hydrogens is 364 g/mol. The van der Waals surface area contributed by atoms with Crippen molar-refractivity contribution in [1.29, 1.82) is 0 Å². The third-order valence-corrected chi connectivity index (χ3v) is 5.72. The molecule has 27 heavy (non-hydrogen) atoms. The molecule has 0 spiro atoms. The normalized spacial score (nSPS) is 14.1. The van der Waals surface area contributed by atoms with Gasteiger partial charge in [0, 0.05) is 54.9 Å². The van der Waals surface area contributed by atoms with E-state index in [1.54, 1.807) is 68.1 Å². The number of benzene rings is 1. The van der Waals surface area contributed by atoms with E-state index in [2.05, 4.69) is 20.0 Å². The van der Waals surface area contributed by atoms with Gasteiger partial charge in [-0.15, -0.1) is 0 Å². The van der Waals surface area contributed by atoms with Crippen LogP contribution < -0.4 is 10.0 Å². The number of aliphatic hydroxyl groups is 1. The second kappa shape index (κ2) is 8.53. The fraction of sp³-hybridized carbons (Fsp3) is 0.263. The first kappa shape index (κ1) is 19.4. The lowest BCUT2D eigenvalue weighted by Crippen LogP contribution is -2.40. The van der Waals surface area contributed by atoms with Crippen LogP contribution in [0.4, 0.5) is 0 Å². The maximum Gasteiger partial charge on any atom is 0.240 e. The number of nitrogens with one attached hydrogen (secondary N) is 2. The molecule has 3 rings (SSSR count). The van der Waals surface area contributed by atoms with Gasteiger partial charge in [0.05, 0.1) is 11.0 Å². The fourth-order valence-corrected chi connectivity index (χ4v) is 4.01. The van der Waals surface area contributed by atoms with Crippen molar-refractivity contribution in [3.8, 4) is 0 Å². The smallest absolute Gasteiger partial charge is 0.240 e. The molecule has 2 aromatic heterocycles. The average molecular weight is 386 g/mol. The van der Waals surface area contributed by atoms with Crippen molar-refractivity contribution in [3.05, 3.63) is 66.7 Å². The molecule has 1 unspecified atom stereocenters. The molecule has 0 saturated heterocycles. The van der Waals surface area contributed by atoms with E-state index in [1.165, 1.54) is 0 Å². The van der Waals surface area contributed by atoms with Crippen molar-refractivity contribution in [1.82, 2.24) is 20.0 Å². The van der Waals surface area contributed by atoms with E-state index in [0.29, 0.717) is 18.7 Å². The molecule has 0 aliphatic rings. The maximum atomic E-state index is 12.6. The monoisotopic (exact) mass is 386 g/mol. The van der Waals surface area contributed by atoms with Gasteiger partial charge in [-0.1, -0.05) is 12.1 Å². The van der Waals surface area contributed by atoms with Crippen LogP contribution in [-0.4, -0.2) is 42.6 Å². The Hall–Kier alpha value is -2.39. The van der Waals surface area contributed by atoms with Crippen molar-refractivity contribution in [2.45, 2.75) is 24.0 Å². The van der Waals surface area contributed by atoms with Crippen LogP contribution in [0.5, 0.6) is 0 Å². The lowest BCUT2D eigenvalue weighted by molar-refractivity contribution is 0.174. The predicted molar refractivity (Wildman–Crippen MR) is 104 cm³/mol. The molecule has 0 amide bonds. The minimum atomic E-state index is -3.64. The zero-order valence-corrected chi connectivity index (χ0v) is 15.7. The lowest BCUT2D eigenvalue weighted by Gasteiger charge is -2.17. The van der Waals surface area contributed by atoms with E-state index >= 15 is 0 Å². The van der Waals surface area contributed by atoms with Gasteiger partial charge in [-0.3, -0.25) is 9.97 Å². The third kappa shape index (κ3) is 5.08. The Morgan fingerprint density at radius 3 is 2.63 bits per heavy atom. The summed E-state index contributed by atoms with van der Waals surface area (Å²) >= 11 is 0. The Labute approximate surface area is 158 Å². The van der Waals surface area contributed by atoms with Gasteiger partial charge < -0.3 is 10.4 Å². The molecule has 142 valence electrons. The number of nitrogens with zero attached hydrogens (tertiary/aromatic N) is 2. The Kier molecular flexibility index (Phi) is 6.12. The molecule has 3 N–H and O–H groups in total. The van der Waals surface area contributed by atoms with E-state index in [9.17, 15) is 13.5 Å². The van der Waals surface area contributed by atoms with E-state index in [-0.39, 0.29) is 10.9 Å². The largest absolute Gasteiger partial charge is 0.387 e. The summed E-state index contributed by atoms with van der Waals surface area (Å²) in [6.07, 6.45) is 5.87. The van der Waals surface area contributed by atoms with Crippen LogP contribution >= 0.6 is 0 Å². The van der Waals surface area contributed by atoms with Crippen molar-refractivity contribution in [3.63, 3.8) is 0 Å². The van der Waals surface area contributed by atoms with Crippen LogP contribution in [0.2, 0.25) is 0 Å². The molecule has 1 aromatic carbocycles. The number of hydrogen-bond acceptors (Lipinski definition) is 6. The number of pyridine rings is 2. The van der Waals surface area contributed by atoms with Gasteiger partial charge in [0.2, 0.25) is 10.0 Å². The lowest BCUT2D eigenvalue weighted by atomic mass is 10.1. The zero-order valence-electron chi connectivity index (χ0n) is 14.9. The van der Waals surface area contributed by atoms with Crippen LogP contribution in [0.15, 0.2) is 66.1 Å². The first-order chi connectivity index (χ1) is 13.0. The molecule has 0 fully saturated rings. The summed E-state index contributed by atoms with van der Waals surface area (Å²) in [6.45, 7) is 2.46. The van der Waals surface area contributed by atoms with Gasteiger partial charge in [0.25, 0.3) is 0 Å². The highest BCUT2D eigenvalue weighted by molar-refractivity contribution is 7.89. The van der Waals surface area contributed by atoms with Crippen LogP contribution in [0.1, 0.15) is 18.6 Å². The van der Waals surface area contributed by atoms with Crippen LogP contribution in [0, 0.1) is 0 Å². The van der Waals surface area contributed by atoms with E-state index in [1.807, 2.05) is 0 Å². The summed E-state index contributed by atoms with van der Waals surface area (Å²) < 4.78 is 27.8. The Balaban J connectivity index is 1.56. The second-order valence-electron chi connectivity index (χ2n) is 6.37. The van der Waals surface area contributed by atoms with Gasteiger partial charge in [-0.05, 0) is 36.6 Å². The van der Waals surface area contributed by atoms with Gasteiger partial charge in [-0.2, -0.15) is 0 Å². The van der Waals surface area contributed by atoms with E-state index in [4.69, 9.17) is 0 Å². The van der Waals surface area contributed by atoms with Crippen molar-refractivity contribution < 1.29 is 13.5 Å². The molecule has 0 saturated carbocycles. The van der Waals surface area contributed by atoms with Crippen molar-refractivity contribution in [2.75, 3.05) is 13.1 Å². The predicted octanol–water partition coefficient (Wildman–Crippen LogP) is 1.62. The number of fused-ring (bicyclic) bond motifs is 1. The summed E-state index contributed by atoms with van der Waals surface area (Å²) in [5.74, 6) is 0. The Bertz CT molecular complexity index is 996. The molecule has 3 aromatic rings. The molecule has 8 heteroatoms. The maximum absolute atomic E-state index is 12.6. The Morgan fingerprint density at radius 2 is 1.85 bits per heavy atom. The highest BCUT2D eigenvalue weighted by atomic mass is 32.2. The molecular formula is C19H22N4O3S. The summed E-state index contributed by atoms with van der Waals surface area (Å²) in [4.78, 5) is 8.21. The van der Waals surface area contributed by atoms with Gasteiger partial charge >= 0.3 is 0 Å². The molecule has 0 bridgehead atoms. The molecule has 0 aliphatic carbocycles. The number of aliphatic hydroxyl groups excluding tert-OH is 1. The summed E-state index contributed by atoms with van der Waals surface area (Å²) in [6, 6.07) is 9.92. The summed E-state index contributed by atoms with van der Waals surface area (Å²) in [5.41, 5.74) is 0.712. The zero-order chi connectivity index (χ0) is 19.3. The molecule has 0 aliphatic heterocycles.